The van der Waals surface area contributed by atoms with Crippen LogP contribution in [-0.4, -0.2) is 15.5 Å². The number of benzene rings is 1. The molecule has 1 aromatic heterocycles. The molecule has 0 aliphatic rings. The van der Waals surface area contributed by atoms with Crippen LogP contribution in [0, 0.1) is 4.77 Å². The molecule has 1 heterocycles. The number of hydrogen-bond acceptors (Lipinski definition) is 2. The quantitative estimate of drug-likeness (QED) is 0.646. The maximum Gasteiger partial charge on any atom is 0.224 e. The molecule has 2 aromatic rings. The third-order valence-electron chi connectivity index (χ3n) is 3.20. The number of H-pyrrole nitrogens is 1. The number of fused-ring (bicyclic) bond motifs is 1. The lowest BCUT2D eigenvalue weighted by Crippen LogP contribution is -2.10. The number of carbonyl (C=O) groups excluding carboxylic acids is 1. The fourth-order valence-electron chi connectivity index (χ4n) is 2.07. The van der Waals surface area contributed by atoms with Gasteiger partial charge in [-0.2, -0.15) is 0 Å². The normalized spacial score (nSPS) is 10.8. The van der Waals surface area contributed by atoms with Gasteiger partial charge < -0.3 is 14.9 Å². The summed E-state index contributed by atoms with van der Waals surface area (Å²) in [5, 5.41) is 2.92. The maximum absolute atomic E-state index is 11.7. The number of anilines is 1. The molecule has 0 saturated heterocycles. The largest absolute Gasteiger partial charge is 0.331 e. The highest BCUT2D eigenvalue weighted by atomic mass is 32.1. The molecule has 2 rings (SSSR count). The van der Waals surface area contributed by atoms with Gasteiger partial charge in [0, 0.05) is 19.2 Å². The molecule has 0 unspecified atom stereocenters. The zero-order valence-electron chi connectivity index (χ0n) is 11.3. The Morgan fingerprint density at radius 1 is 1.42 bits per heavy atom. The molecule has 0 fully saturated rings. The van der Waals surface area contributed by atoms with E-state index in [0.717, 1.165) is 36.0 Å². The van der Waals surface area contributed by atoms with Crippen LogP contribution in [0.3, 0.4) is 0 Å². The van der Waals surface area contributed by atoms with Crippen LogP contribution in [0.4, 0.5) is 5.69 Å². The van der Waals surface area contributed by atoms with Crippen LogP contribution < -0.4 is 5.32 Å². The molecule has 19 heavy (non-hydrogen) atoms. The van der Waals surface area contributed by atoms with E-state index in [2.05, 4.69) is 17.2 Å². The lowest BCUT2D eigenvalue weighted by atomic mass is 10.2. The Morgan fingerprint density at radius 2 is 2.21 bits per heavy atom. The summed E-state index contributed by atoms with van der Waals surface area (Å²) < 4.78 is 2.60. The summed E-state index contributed by atoms with van der Waals surface area (Å²) in [7, 11) is 1.92. The van der Waals surface area contributed by atoms with Gasteiger partial charge in [0.25, 0.3) is 0 Å². The van der Waals surface area contributed by atoms with Crippen molar-refractivity contribution in [3.63, 3.8) is 0 Å². The van der Waals surface area contributed by atoms with Gasteiger partial charge in [-0.3, -0.25) is 4.79 Å². The summed E-state index contributed by atoms with van der Waals surface area (Å²) in [4.78, 5) is 14.9. The standard InChI is InChI=1S/C14H19N3OS/c1-3-4-5-6-13(18)15-10-7-8-12-11(9-10)16-14(19)17(12)2/h7-9H,3-6H2,1-2H3,(H,15,18)(H,16,19). The predicted molar refractivity (Wildman–Crippen MR) is 80.9 cm³/mol. The third-order valence-corrected chi connectivity index (χ3v) is 3.57. The maximum atomic E-state index is 11.7. The minimum absolute atomic E-state index is 0.0716. The first-order valence-corrected chi connectivity index (χ1v) is 7.01. The number of imidazole rings is 1. The van der Waals surface area contributed by atoms with E-state index in [0.29, 0.717) is 11.2 Å². The van der Waals surface area contributed by atoms with Gasteiger partial charge in [-0.05, 0) is 36.8 Å². The van der Waals surface area contributed by atoms with E-state index >= 15 is 0 Å². The molecule has 1 aromatic carbocycles. The Bertz CT molecular complexity index is 642. The molecule has 0 atom stereocenters. The molecule has 5 heteroatoms. The Morgan fingerprint density at radius 3 is 2.95 bits per heavy atom. The SMILES string of the molecule is CCCCCC(=O)Nc1ccc2c(c1)[nH]c(=S)n2C. The summed E-state index contributed by atoms with van der Waals surface area (Å²) in [6, 6.07) is 5.79. The topological polar surface area (TPSA) is 49.8 Å². The number of unbranched alkanes of at least 4 members (excludes halogenated alkanes) is 2. The average molecular weight is 277 g/mol. The van der Waals surface area contributed by atoms with E-state index in [-0.39, 0.29) is 5.91 Å². The van der Waals surface area contributed by atoms with Crippen LogP contribution in [0.5, 0.6) is 0 Å². The van der Waals surface area contributed by atoms with Crippen LogP contribution in [0.15, 0.2) is 18.2 Å². The van der Waals surface area contributed by atoms with Crippen molar-refractivity contribution in [1.82, 2.24) is 9.55 Å². The first-order valence-electron chi connectivity index (χ1n) is 6.60. The Labute approximate surface area is 117 Å². The highest BCUT2D eigenvalue weighted by Crippen LogP contribution is 2.18. The summed E-state index contributed by atoms with van der Waals surface area (Å²) in [6.07, 6.45) is 3.74. The van der Waals surface area contributed by atoms with Gasteiger partial charge in [0.2, 0.25) is 5.91 Å². The molecule has 0 bridgehead atoms. The van der Waals surface area contributed by atoms with E-state index in [1.807, 2.05) is 29.8 Å². The van der Waals surface area contributed by atoms with E-state index in [4.69, 9.17) is 12.2 Å². The zero-order valence-corrected chi connectivity index (χ0v) is 12.1. The number of carbonyl (C=O) groups is 1. The second-order valence-corrected chi connectivity index (χ2v) is 5.11. The predicted octanol–water partition coefficient (Wildman–Crippen LogP) is 3.75. The molecule has 0 aliphatic heterocycles. The molecule has 0 spiro atoms. The van der Waals surface area contributed by atoms with Crippen LogP contribution >= 0.6 is 12.2 Å². The minimum Gasteiger partial charge on any atom is -0.331 e. The van der Waals surface area contributed by atoms with Gasteiger partial charge >= 0.3 is 0 Å². The first-order chi connectivity index (χ1) is 9.11. The lowest BCUT2D eigenvalue weighted by molar-refractivity contribution is -0.116. The van der Waals surface area contributed by atoms with Gasteiger partial charge in [-0.15, -0.1) is 0 Å². The van der Waals surface area contributed by atoms with Crippen molar-refractivity contribution in [2.24, 2.45) is 7.05 Å². The van der Waals surface area contributed by atoms with E-state index in [1.54, 1.807) is 0 Å². The molecule has 102 valence electrons. The fraction of sp³-hybridized carbons (Fsp3) is 0.429. The van der Waals surface area contributed by atoms with Gasteiger partial charge in [0.05, 0.1) is 11.0 Å². The van der Waals surface area contributed by atoms with E-state index in [1.165, 1.54) is 0 Å². The number of hydrogen-bond donors (Lipinski definition) is 2. The first kappa shape index (κ1) is 13.8. The number of aromatic amines is 1. The molecule has 0 saturated carbocycles. The summed E-state index contributed by atoms with van der Waals surface area (Å²) in [5.41, 5.74) is 2.79. The number of rotatable bonds is 5. The Balaban J connectivity index is 2.09. The van der Waals surface area contributed by atoms with Gasteiger partial charge in [-0.1, -0.05) is 19.8 Å². The fourth-order valence-corrected chi connectivity index (χ4v) is 2.28. The van der Waals surface area contributed by atoms with Crippen molar-refractivity contribution in [3.8, 4) is 0 Å². The number of aryl methyl sites for hydroxylation is 1. The van der Waals surface area contributed by atoms with Gasteiger partial charge in [0.1, 0.15) is 0 Å². The second kappa shape index (κ2) is 6.02. The van der Waals surface area contributed by atoms with Crippen LogP contribution in [0.1, 0.15) is 32.6 Å². The second-order valence-electron chi connectivity index (χ2n) is 4.73. The Hall–Kier alpha value is -1.62. The molecule has 4 nitrogen and oxygen atoms in total. The lowest BCUT2D eigenvalue weighted by Gasteiger charge is -2.05. The van der Waals surface area contributed by atoms with Crippen LogP contribution in [-0.2, 0) is 11.8 Å². The highest BCUT2D eigenvalue weighted by molar-refractivity contribution is 7.71. The molecule has 0 radical (unpaired) electrons. The van der Waals surface area contributed by atoms with E-state index < -0.39 is 0 Å². The number of nitrogens with one attached hydrogen (secondary N) is 2. The van der Waals surface area contributed by atoms with Gasteiger partial charge in [-0.25, -0.2) is 0 Å². The van der Waals surface area contributed by atoms with Crippen molar-refractivity contribution in [1.29, 1.82) is 0 Å². The van der Waals surface area contributed by atoms with Crippen LogP contribution in [0.2, 0.25) is 0 Å². The zero-order chi connectivity index (χ0) is 13.8. The number of amides is 1. The number of nitrogens with zero attached hydrogens (tertiary/aromatic N) is 1. The number of aromatic nitrogens is 2. The molecular weight excluding hydrogens is 258 g/mol. The van der Waals surface area contributed by atoms with Crippen molar-refractivity contribution in [2.75, 3.05) is 5.32 Å². The van der Waals surface area contributed by atoms with Crippen molar-refractivity contribution in [2.45, 2.75) is 32.6 Å². The van der Waals surface area contributed by atoms with Gasteiger partial charge in [0.15, 0.2) is 4.77 Å². The average Bonchev–Trinajstić information content (AvgIpc) is 2.65. The molecule has 2 N–H and O–H groups in total. The summed E-state index contributed by atoms with van der Waals surface area (Å²) in [6.45, 7) is 2.13. The van der Waals surface area contributed by atoms with Crippen LogP contribution in [0.25, 0.3) is 11.0 Å². The van der Waals surface area contributed by atoms with Crippen molar-refractivity contribution in [3.05, 3.63) is 23.0 Å². The minimum atomic E-state index is 0.0716. The smallest absolute Gasteiger partial charge is 0.224 e. The Kier molecular flexibility index (Phi) is 4.37. The molecule has 0 aliphatic carbocycles. The third kappa shape index (κ3) is 3.23. The monoisotopic (exact) mass is 277 g/mol. The molecule has 1 amide bonds. The summed E-state index contributed by atoms with van der Waals surface area (Å²) >= 11 is 5.18. The highest BCUT2D eigenvalue weighted by Gasteiger charge is 2.05. The van der Waals surface area contributed by atoms with Crippen molar-refractivity contribution < 1.29 is 4.79 Å². The van der Waals surface area contributed by atoms with E-state index in [9.17, 15) is 4.79 Å². The van der Waals surface area contributed by atoms with Crippen molar-refractivity contribution >= 4 is 34.8 Å². The summed E-state index contributed by atoms with van der Waals surface area (Å²) in [5.74, 6) is 0.0716. The molecular formula is C14H19N3OS.